The van der Waals surface area contributed by atoms with Gasteiger partial charge in [0.15, 0.2) is 17.6 Å². The number of carbonyl (C=O) groups excluding carboxylic acids is 2. The van der Waals surface area contributed by atoms with Crippen LogP contribution in [0.3, 0.4) is 0 Å². The number of carbonyl (C=O) groups is 2. The zero-order valence-corrected chi connectivity index (χ0v) is 22.9. The van der Waals surface area contributed by atoms with Gasteiger partial charge in [-0.05, 0) is 47.5 Å². The van der Waals surface area contributed by atoms with E-state index in [1.165, 1.54) is 13.3 Å². The highest BCUT2D eigenvalue weighted by Gasteiger charge is 2.28. The number of piperazine rings is 1. The number of likely N-dealkylation sites (N-methyl/N-ethyl adjacent to an activating group) is 1. The third-order valence-corrected chi connectivity index (χ3v) is 5.76. The number of aliphatic hydroxyl groups is 1. The van der Waals surface area contributed by atoms with Crippen molar-refractivity contribution in [2.75, 3.05) is 45.0 Å². The molecular formula is C25H38N8O5. The van der Waals surface area contributed by atoms with Gasteiger partial charge in [-0.1, -0.05) is 5.92 Å². The minimum atomic E-state index is -1.07. The number of anilines is 1. The minimum absolute atomic E-state index is 0.173. The van der Waals surface area contributed by atoms with Crippen LogP contribution in [0, 0.1) is 11.8 Å². The number of aliphatic hydroxyl groups excluding tert-OH is 1. The summed E-state index contributed by atoms with van der Waals surface area (Å²) < 4.78 is 12.9. The molecule has 13 nitrogen and oxygen atoms in total. The normalized spacial score (nSPS) is 16.9. The van der Waals surface area contributed by atoms with Crippen LogP contribution in [0.1, 0.15) is 53.6 Å². The van der Waals surface area contributed by atoms with Gasteiger partial charge in [0, 0.05) is 32.7 Å². The first-order valence-corrected chi connectivity index (χ1v) is 12.7. The topological polar surface area (TPSA) is 161 Å². The van der Waals surface area contributed by atoms with Gasteiger partial charge in [-0.2, -0.15) is 0 Å². The Bertz CT molecular complexity index is 1190. The number of nitrogen functional groups attached to an aromatic ring is 1. The fraction of sp³-hybridized carbons (Fsp3) is 0.640. The van der Waals surface area contributed by atoms with Gasteiger partial charge in [-0.15, -0.1) is 0 Å². The summed E-state index contributed by atoms with van der Waals surface area (Å²) >= 11 is 0. The summed E-state index contributed by atoms with van der Waals surface area (Å²) in [6.45, 7) is 13.9. The monoisotopic (exact) mass is 530 g/mol. The molecule has 0 aromatic carbocycles. The lowest BCUT2D eigenvalue weighted by Gasteiger charge is -2.34. The van der Waals surface area contributed by atoms with Crippen LogP contribution < -0.4 is 11.1 Å². The summed E-state index contributed by atoms with van der Waals surface area (Å²) in [6.07, 6.45) is -1.58. The highest BCUT2D eigenvalue weighted by Crippen LogP contribution is 2.22. The molecule has 1 aliphatic rings. The Morgan fingerprint density at radius 1 is 1.21 bits per heavy atom. The Hall–Kier alpha value is -3.47. The van der Waals surface area contributed by atoms with Gasteiger partial charge in [0.05, 0.1) is 19.0 Å². The van der Waals surface area contributed by atoms with Crippen LogP contribution in [-0.2, 0) is 14.3 Å². The van der Waals surface area contributed by atoms with Gasteiger partial charge in [-0.3, -0.25) is 14.3 Å². The maximum atomic E-state index is 12.3. The molecule has 0 radical (unpaired) electrons. The third kappa shape index (κ3) is 7.53. The molecule has 2 aromatic heterocycles. The van der Waals surface area contributed by atoms with Crippen LogP contribution in [-0.4, -0.2) is 104 Å². The molecule has 0 spiro atoms. The van der Waals surface area contributed by atoms with Gasteiger partial charge in [-0.25, -0.2) is 19.7 Å². The highest BCUT2D eigenvalue weighted by atomic mass is 16.6. The van der Waals surface area contributed by atoms with E-state index in [9.17, 15) is 14.7 Å². The number of nitrogens with one attached hydrogen (secondary N) is 1. The molecule has 1 saturated heterocycles. The van der Waals surface area contributed by atoms with Crippen LogP contribution in [0.4, 0.5) is 10.6 Å². The van der Waals surface area contributed by atoms with Crippen molar-refractivity contribution >= 4 is 29.0 Å². The quantitative estimate of drug-likeness (QED) is 0.435. The van der Waals surface area contributed by atoms with E-state index in [1.807, 2.05) is 20.8 Å². The first-order chi connectivity index (χ1) is 17.9. The van der Waals surface area contributed by atoms with Crippen molar-refractivity contribution in [1.82, 2.24) is 34.6 Å². The zero-order valence-electron chi connectivity index (χ0n) is 22.9. The van der Waals surface area contributed by atoms with E-state index < -0.39 is 29.9 Å². The van der Waals surface area contributed by atoms with Crippen molar-refractivity contribution in [2.45, 2.75) is 65.6 Å². The van der Waals surface area contributed by atoms with Crippen molar-refractivity contribution < 1.29 is 24.2 Å². The van der Waals surface area contributed by atoms with Crippen LogP contribution in [0.5, 0.6) is 0 Å². The number of fused-ring (bicyclic) bond motifs is 1. The number of rotatable bonds is 7. The first-order valence-electron chi connectivity index (χ1n) is 12.7. The number of hydrogen-bond acceptors (Lipinski definition) is 10. The summed E-state index contributed by atoms with van der Waals surface area (Å²) in [6, 6.07) is 0. The number of amides is 2. The number of aromatic nitrogens is 4. The lowest BCUT2D eigenvalue weighted by molar-refractivity contribution is -0.150. The first kappa shape index (κ1) is 29.1. The Labute approximate surface area is 222 Å². The van der Waals surface area contributed by atoms with E-state index in [-0.39, 0.29) is 17.7 Å². The lowest BCUT2D eigenvalue weighted by atomic mass is 10.2. The molecule has 1 aliphatic heterocycles. The van der Waals surface area contributed by atoms with Crippen molar-refractivity contribution in [3.63, 3.8) is 0 Å². The average molecular weight is 531 g/mol. The van der Waals surface area contributed by atoms with E-state index >= 15 is 0 Å². The Balaban J connectivity index is 1.67. The van der Waals surface area contributed by atoms with Crippen molar-refractivity contribution in [1.29, 1.82) is 0 Å². The molecule has 13 heteroatoms. The Morgan fingerprint density at radius 2 is 1.89 bits per heavy atom. The second-order valence-corrected chi connectivity index (χ2v) is 10.1. The Morgan fingerprint density at radius 3 is 2.50 bits per heavy atom. The van der Waals surface area contributed by atoms with Crippen LogP contribution in [0.25, 0.3) is 11.2 Å². The van der Waals surface area contributed by atoms with Crippen LogP contribution in [0.15, 0.2) is 6.33 Å². The summed E-state index contributed by atoms with van der Waals surface area (Å²) in [5.74, 6) is 6.02. The SMILES string of the molecule is CCNC(=O)[C@@H](O[C@H](C)n1cnc2c(N)nc(C#CCN3CCN(C(=O)OC(C)(C)C)CC3)nc21)C(C)O. The molecular weight excluding hydrogens is 492 g/mol. The molecule has 0 aliphatic carbocycles. The summed E-state index contributed by atoms with van der Waals surface area (Å²) in [7, 11) is 0. The molecule has 0 bridgehead atoms. The van der Waals surface area contributed by atoms with Gasteiger partial charge in [0.25, 0.3) is 5.91 Å². The predicted octanol–water partition coefficient (Wildman–Crippen LogP) is 0.733. The summed E-state index contributed by atoms with van der Waals surface area (Å²) in [4.78, 5) is 41.4. The molecule has 1 unspecified atom stereocenters. The van der Waals surface area contributed by atoms with E-state index in [0.717, 1.165) is 0 Å². The van der Waals surface area contributed by atoms with Crippen molar-refractivity contribution in [3.05, 3.63) is 12.2 Å². The largest absolute Gasteiger partial charge is 0.444 e. The van der Waals surface area contributed by atoms with Crippen molar-refractivity contribution in [2.24, 2.45) is 0 Å². The van der Waals surface area contributed by atoms with E-state index in [4.69, 9.17) is 15.2 Å². The van der Waals surface area contributed by atoms with E-state index in [2.05, 4.69) is 37.0 Å². The second-order valence-electron chi connectivity index (χ2n) is 10.1. The number of nitrogens with two attached hydrogens (primary N) is 1. The van der Waals surface area contributed by atoms with Gasteiger partial charge in [0.2, 0.25) is 5.82 Å². The molecule has 4 N–H and O–H groups in total. The number of nitrogens with zero attached hydrogens (tertiary/aromatic N) is 6. The molecule has 0 saturated carbocycles. The van der Waals surface area contributed by atoms with E-state index in [0.29, 0.717) is 50.4 Å². The highest BCUT2D eigenvalue weighted by molar-refractivity contribution is 5.82. The van der Waals surface area contributed by atoms with Gasteiger partial charge < -0.3 is 30.5 Å². The maximum Gasteiger partial charge on any atom is 0.410 e. The molecule has 38 heavy (non-hydrogen) atoms. The standard InChI is InChI=1S/C25H38N8O5/c1-7-27-23(35)20(16(2)34)37-17(3)33-15-28-19-21(26)29-18(30-22(19)33)9-8-10-31-11-13-32(14-12-31)24(36)38-25(4,5)6/h15-17,20,34H,7,10-14H2,1-6H3,(H,27,35)(H2,26,29,30)/t16?,17-,20+/m1/s1. The fourth-order valence-corrected chi connectivity index (χ4v) is 3.85. The zero-order chi connectivity index (χ0) is 28.0. The summed E-state index contributed by atoms with van der Waals surface area (Å²) in [5, 5.41) is 12.7. The molecule has 1 fully saturated rings. The Kier molecular flexibility index (Phi) is 9.48. The lowest BCUT2D eigenvalue weighted by Crippen LogP contribution is -2.50. The van der Waals surface area contributed by atoms with Gasteiger partial charge in [0.1, 0.15) is 17.3 Å². The van der Waals surface area contributed by atoms with Gasteiger partial charge >= 0.3 is 6.09 Å². The number of hydrogen-bond donors (Lipinski definition) is 3. The molecule has 3 heterocycles. The molecule has 3 atom stereocenters. The molecule has 208 valence electrons. The third-order valence-electron chi connectivity index (χ3n) is 5.76. The van der Waals surface area contributed by atoms with E-state index in [1.54, 1.807) is 23.3 Å². The predicted molar refractivity (Wildman–Crippen MR) is 141 cm³/mol. The fourth-order valence-electron chi connectivity index (χ4n) is 3.85. The van der Waals surface area contributed by atoms with Crippen LogP contribution >= 0.6 is 0 Å². The van der Waals surface area contributed by atoms with Crippen LogP contribution in [0.2, 0.25) is 0 Å². The van der Waals surface area contributed by atoms with Crippen molar-refractivity contribution in [3.8, 4) is 11.8 Å². The molecule has 2 amide bonds. The second kappa shape index (κ2) is 12.4. The smallest absolute Gasteiger partial charge is 0.410 e. The molecule has 2 aromatic rings. The molecule has 3 rings (SSSR count). The summed E-state index contributed by atoms with van der Waals surface area (Å²) in [5.41, 5.74) is 6.38. The number of imidazole rings is 1. The maximum absolute atomic E-state index is 12.3. The minimum Gasteiger partial charge on any atom is -0.444 e. The number of ether oxygens (including phenoxy) is 2. The average Bonchev–Trinajstić information content (AvgIpc) is 3.26.